The molecule has 2 atom stereocenters. The third kappa shape index (κ3) is 12.9. The van der Waals surface area contributed by atoms with Crippen molar-refractivity contribution in [3.63, 3.8) is 0 Å². The van der Waals surface area contributed by atoms with E-state index in [1.807, 2.05) is 0 Å². The maximum atomic E-state index is 5.35. The van der Waals surface area contributed by atoms with E-state index in [0.717, 1.165) is 26.3 Å². The highest BCUT2D eigenvalue weighted by Gasteiger charge is 2.23. The number of hydrogen-bond acceptors (Lipinski definition) is 4. The molecule has 2 unspecified atom stereocenters. The maximum Gasteiger partial charge on any atom is 0.0810 e. The predicted molar refractivity (Wildman–Crippen MR) is 83.8 cm³/mol. The van der Waals surface area contributed by atoms with Gasteiger partial charge in [0.1, 0.15) is 0 Å². The van der Waals surface area contributed by atoms with Gasteiger partial charge in [0.2, 0.25) is 0 Å². The molecule has 0 radical (unpaired) electrons. The Morgan fingerprint density at radius 3 is 1.25 bits per heavy atom. The van der Waals surface area contributed by atoms with Crippen LogP contribution >= 0.6 is 0 Å². The molecule has 4 nitrogen and oxygen atoms in total. The van der Waals surface area contributed by atoms with Crippen LogP contribution in [-0.2, 0) is 9.47 Å². The number of epoxide rings is 2. The first-order valence-electron chi connectivity index (χ1n) is 8.50. The van der Waals surface area contributed by atoms with Crippen molar-refractivity contribution in [2.24, 2.45) is 11.5 Å². The van der Waals surface area contributed by atoms with Crippen LogP contribution in [0.25, 0.3) is 0 Å². The minimum atomic E-state index is 0.625. The third-order valence-corrected chi connectivity index (χ3v) is 3.77. The molecule has 120 valence electrons. The largest absolute Gasteiger partial charge is 0.373 e. The van der Waals surface area contributed by atoms with Crippen LogP contribution in [0.5, 0.6) is 0 Å². The molecule has 2 aliphatic rings. The van der Waals surface area contributed by atoms with Crippen molar-refractivity contribution in [1.29, 1.82) is 0 Å². The van der Waals surface area contributed by atoms with Crippen LogP contribution < -0.4 is 11.5 Å². The zero-order valence-electron chi connectivity index (χ0n) is 13.0. The topological polar surface area (TPSA) is 77.1 Å². The van der Waals surface area contributed by atoms with Crippen LogP contribution in [0.3, 0.4) is 0 Å². The Labute approximate surface area is 124 Å². The van der Waals surface area contributed by atoms with Gasteiger partial charge in [-0.1, -0.05) is 38.5 Å². The molecule has 20 heavy (non-hydrogen) atoms. The molecular weight excluding hydrogens is 252 g/mol. The van der Waals surface area contributed by atoms with Gasteiger partial charge in [-0.3, -0.25) is 0 Å². The first-order valence-corrected chi connectivity index (χ1v) is 8.50. The van der Waals surface area contributed by atoms with E-state index < -0.39 is 0 Å². The summed E-state index contributed by atoms with van der Waals surface area (Å²) in [5.74, 6) is 0. The van der Waals surface area contributed by atoms with Crippen molar-refractivity contribution in [3.05, 3.63) is 0 Å². The molecule has 2 fully saturated rings. The van der Waals surface area contributed by atoms with Crippen LogP contribution in [0.15, 0.2) is 0 Å². The number of rotatable bonds is 12. The standard InChI is InChI=1S/C8H20N2.C8H14O2/c9-7-5-3-1-2-4-6-8-10;1(3-7-5-9-7)2-4-8-6-10-8/h1-10H2;7-8H,1-6H2. The fourth-order valence-corrected chi connectivity index (χ4v) is 2.21. The second-order valence-electron chi connectivity index (χ2n) is 5.89. The van der Waals surface area contributed by atoms with Gasteiger partial charge < -0.3 is 20.9 Å². The van der Waals surface area contributed by atoms with E-state index in [4.69, 9.17) is 20.9 Å². The van der Waals surface area contributed by atoms with E-state index in [-0.39, 0.29) is 0 Å². The maximum absolute atomic E-state index is 5.35. The fourth-order valence-electron chi connectivity index (χ4n) is 2.21. The molecule has 2 rings (SSSR count). The number of unbranched alkanes of at least 4 members (excludes halogenated alkanes) is 6. The summed E-state index contributed by atoms with van der Waals surface area (Å²) >= 11 is 0. The Hall–Kier alpha value is -0.160. The van der Waals surface area contributed by atoms with E-state index in [9.17, 15) is 0 Å². The van der Waals surface area contributed by atoms with Crippen LogP contribution in [0, 0.1) is 0 Å². The molecule has 0 aromatic heterocycles. The Morgan fingerprint density at radius 2 is 0.950 bits per heavy atom. The monoisotopic (exact) mass is 286 g/mol. The van der Waals surface area contributed by atoms with Gasteiger partial charge in [-0.25, -0.2) is 0 Å². The van der Waals surface area contributed by atoms with Crippen molar-refractivity contribution in [3.8, 4) is 0 Å². The van der Waals surface area contributed by atoms with E-state index in [1.165, 1.54) is 64.2 Å². The lowest BCUT2D eigenvalue weighted by Gasteiger charge is -1.97. The van der Waals surface area contributed by atoms with E-state index in [0.29, 0.717) is 12.2 Å². The summed E-state index contributed by atoms with van der Waals surface area (Å²) < 4.78 is 10.2. The van der Waals surface area contributed by atoms with Crippen molar-refractivity contribution < 1.29 is 9.47 Å². The third-order valence-electron chi connectivity index (χ3n) is 3.77. The molecule has 4 N–H and O–H groups in total. The van der Waals surface area contributed by atoms with Crippen molar-refractivity contribution in [2.45, 2.75) is 76.4 Å². The lowest BCUT2D eigenvalue weighted by atomic mass is 10.1. The molecule has 0 spiro atoms. The van der Waals surface area contributed by atoms with E-state index in [2.05, 4.69) is 0 Å². The molecule has 0 aromatic carbocycles. The van der Waals surface area contributed by atoms with Crippen molar-refractivity contribution in [1.82, 2.24) is 0 Å². The van der Waals surface area contributed by atoms with Gasteiger partial charge in [0.25, 0.3) is 0 Å². The SMILES string of the molecule is C(CCC1CO1)CC1CO1.NCCCCCCCCN. The molecule has 0 bridgehead atoms. The summed E-state index contributed by atoms with van der Waals surface area (Å²) in [5, 5.41) is 0. The molecule has 0 saturated carbocycles. The first-order chi connectivity index (χ1) is 9.86. The molecule has 4 heteroatoms. The summed E-state index contributed by atoms with van der Waals surface area (Å²) in [6.45, 7) is 3.72. The summed E-state index contributed by atoms with van der Waals surface area (Å²) in [7, 11) is 0. The summed E-state index contributed by atoms with van der Waals surface area (Å²) in [6.07, 6.45) is 14.1. The minimum absolute atomic E-state index is 0.625. The molecular formula is C16H34N2O2. The summed E-state index contributed by atoms with van der Waals surface area (Å²) in [4.78, 5) is 0. The van der Waals surface area contributed by atoms with Gasteiger partial charge in [-0.2, -0.15) is 0 Å². The molecule has 0 aromatic rings. The van der Waals surface area contributed by atoms with Gasteiger partial charge in [-0.15, -0.1) is 0 Å². The summed E-state index contributed by atoms with van der Waals surface area (Å²) in [6, 6.07) is 0. The van der Waals surface area contributed by atoms with E-state index in [1.54, 1.807) is 0 Å². The highest BCUT2D eigenvalue weighted by molar-refractivity contribution is 4.71. The van der Waals surface area contributed by atoms with Gasteiger partial charge >= 0.3 is 0 Å². The average Bonchev–Trinajstić information content (AvgIpc) is 3.34. The molecule has 2 heterocycles. The normalized spacial score (nSPS) is 23.1. The highest BCUT2D eigenvalue weighted by atomic mass is 16.6. The lowest BCUT2D eigenvalue weighted by Crippen LogP contribution is -1.99. The van der Waals surface area contributed by atoms with Gasteiger partial charge in [0.05, 0.1) is 25.4 Å². The highest BCUT2D eigenvalue weighted by Crippen LogP contribution is 2.21. The van der Waals surface area contributed by atoms with Gasteiger partial charge in [0.15, 0.2) is 0 Å². The van der Waals surface area contributed by atoms with Gasteiger partial charge in [-0.05, 0) is 38.8 Å². The summed E-state index contributed by atoms with van der Waals surface area (Å²) in [5.41, 5.74) is 10.7. The van der Waals surface area contributed by atoms with E-state index >= 15 is 0 Å². The number of nitrogens with two attached hydrogens (primary N) is 2. The Kier molecular flexibility index (Phi) is 11.2. The fraction of sp³-hybridized carbons (Fsp3) is 1.00. The van der Waals surface area contributed by atoms with Crippen LogP contribution in [0.2, 0.25) is 0 Å². The predicted octanol–water partition coefficient (Wildman–Crippen LogP) is 2.59. The molecule has 2 aliphatic heterocycles. The van der Waals surface area contributed by atoms with Crippen molar-refractivity contribution >= 4 is 0 Å². The average molecular weight is 286 g/mol. The smallest absolute Gasteiger partial charge is 0.0810 e. The minimum Gasteiger partial charge on any atom is -0.373 e. The van der Waals surface area contributed by atoms with Crippen LogP contribution in [0.1, 0.15) is 64.2 Å². The van der Waals surface area contributed by atoms with Crippen LogP contribution in [0.4, 0.5) is 0 Å². The quantitative estimate of drug-likeness (QED) is 0.427. The molecule has 0 aliphatic carbocycles. The Balaban J connectivity index is 0.000000200. The zero-order valence-corrected chi connectivity index (χ0v) is 13.0. The lowest BCUT2D eigenvalue weighted by molar-refractivity contribution is 0.370. The Bertz CT molecular complexity index is 185. The second kappa shape index (κ2) is 12.6. The number of ether oxygens (including phenoxy) is 2. The van der Waals surface area contributed by atoms with Crippen molar-refractivity contribution in [2.75, 3.05) is 26.3 Å². The Morgan fingerprint density at radius 1 is 0.600 bits per heavy atom. The first kappa shape index (κ1) is 17.9. The van der Waals surface area contributed by atoms with Crippen LogP contribution in [-0.4, -0.2) is 38.5 Å². The zero-order chi connectivity index (χ0) is 14.5. The molecule has 2 saturated heterocycles. The second-order valence-corrected chi connectivity index (χ2v) is 5.89. The van der Waals surface area contributed by atoms with Gasteiger partial charge in [0, 0.05) is 0 Å². The number of hydrogen-bond donors (Lipinski definition) is 2. The molecule has 0 amide bonds.